The quantitative estimate of drug-likeness (QED) is 0.314. The first-order chi connectivity index (χ1) is 8.58. The maximum absolute atomic E-state index is 12.0. The maximum Gasteiger partial charge on any atom is 0.270 e. The number of benzene rings is 1. The smallest absolute Gasteiger partial charge is 0.270 e. The predicted octanol–water partition coefficient (Wildman–Crippen LogP) is -0.861. The number of nitro benzene ring substituents is 1. The summed E-state index contributed by atoms with van der Waals surface area (Å²) in [4.78, 5) is 22.1. The number of non-ortho nitro benzene ring substituents is 1. The van der Waals surface area contributed by atoms with E-state index in [9.17, 15) is 14.9 Å². The lowest BCUT2D eigenvalue weighted by atomic mass is 10.1. The Morgan fingerprint density at radius 3 is 2.79 bits per heavy atom. The Hall–Kier alpha value is -1.60. The molecule has 0 bridgehead atoms. The predicted molar refractivity (Wildman–Crippen MR) is 66.7 cm³/mol. The van der Waals surface area contributed by atoms with Crippen molar-refractivity contribution in [3.05, 3.63) is 56.5 Å². The lowest BCUT2D eigenvalue weighted by Crippen LogP contribution is -3.00. The average molecular weight is 343 g/mol. The molecule has 0 atom stereocenters. The minimum Gasteiger partial charge on any atom is -1.00 e. The summed E-state index contributed by atoms with van der Waals surface area (Å²) in [5.41, 5.74) is 3.15. The Kier molecular flexibility index (Phi) is 5.31. The van der Waals surface area contributed by atoms with Crippen molar-refractivity contribution in [1.29, 1.82) is 0 Å². The summed E-state index contributed by atoms with van der Waals surface area (Å²) in [5, 5.41) is 12.6. The Morgan fingerprint density at radius 1 is 1.47 bits per heavy atom. The van der Waals surface area contributed by atoms with E-state index in [0.717, 1.165) is 5.69 Å². The summed E-state index contributed by atoms with van der Waals surface area (Å²) in [5.74, 6) is -0.134. The first kappa shape index (κ1) is 15.5. The van der Waals surface area contributed by atoms with E-state index < -0.39 is 4.92 Å². The van der Waals surface area contributed by atoms with E-state index in [1.54, 1.807) is 6.07 Å². The summed E-state index contributed by atoms with van der Waals surface area (Å²) in [6, 6.07) is 5.80. The van der Waals surface area contributed by atoms with Gasteiger partial charge in [-0.25, -0.2) is 0 Å². The molecule has 1 aromatic carbocycles. The van der Waals surface area contributed by atoms with Gasteiger partial charge in [0.1, 0.15) is 0 Å². The van der Waals surface area contributed by atoms with Gasteiger partial charge in [-0.3, -0.25) is 14.9 Å². The van der Waals surface area contributed by atoms with Crippen LogP contribution in [0.5, 0.6) is 0 Å². The number of hydrogen-bond donors (Lipinski definition) is 0. The van der Waals surface area contributed by atoms with Crippen molar-refractivity contribution in [1.82, 2.24) is 0 Å². The van der Waals surface area contributed by atoms with Crippen LogP contribution in [0.4, 0.5) is 5.69 Å². The van der Waals surface area contributed by atoms with E-state index in [2.05, 4.69) is 0 Å². The van der Waals surface area contributed by atoms with E-state index in [0.29, 0.717) is 5.56 Å². The molecule has 2 aromatic rings. The zero-order chi connectivity index (χ0) is 13.1. The maximum atomic E-state index is 12.0. The first-order valence-corrected chi connectivity index (χ1v) is 6.22. The van der Waals surface area contributed by atoms with Gasteiger partial charge in [0.25, 0.3) is 5.69 Å². The number of carbonyl (C=O) groups is 1. The summed E-state index contributed by atoms with van der Waals surface area (Å²) in [7, 11) is 0. The molecule has 5 nitrogen and oxygen atoms in total. The molecule has 0 fully saturated rings. The number of ketones is 1. The van der Waals surface area contributed by atoms with Gasteiger partial charge in [0.15, 0.2) is 5.69 Å². The number of hydrogen-bond acceptors (Lipinski definition) is 4. The number of aryl methyl sites for hydroxylation is 1. The highest BCUT2D eigenvalue weighted by Crippen LogP contribution is 2.13. The van der Waals surface area contributed by atoms with Crippen LogP contribution in [0.1, 0.15) is 16.1 Å². The fraction of sp³-hybridized carbons (Fsp3) is 0.167. The second-order valence-corrected chi connectivity index (χ2v) is 4.58. The summed E-state index contributed by atoms with van der Waals surface area (Å²) < 4.78 is 1.83. The molecule has 1 aromatic heterocycles. The van der Waals surface area contributed by atoms with Crippen molar-refractivity contribution in [2.24, 2.45) is 0 Å². The van der Waals surface area contributed by atoms with E-state index in [4.69, 9.17) is 0 Å². The lowest BCUT2D eigenvalue weighted by Gasteiger charge is -1.98. The molecule has 0 unspecified atom stereocenters. The van der Waals surface area contributed by atoms with Crippen LogP contribution in [0.25, 0.3) is 0 Å². The number of nitro groups is 1. The van der Waals surface area contributed by atoms with Crippen LogP contribution in [-0.4, -0.2) is 10.7 Å². The Bertz CT molecular complexity index is 613. The highest BCUT2D eigenvalue weighted by molar-refractivity contribution is 7.07. The van der Waals surface area contributed by atoms with Crippen LogP contribution in [0, 0.1) is 17.0 Å². The van der Waals surface area contributed by atoms with Crippen LogP contribution in [0.3, 0.4) is 0 Å². The zero-order valence-corrected chi connectivity index (χ0v) is 12.5. The molecular formula is C12H11BrN2O3S. The van der Waals surface area contributed by atoms with E-state index in [1.165, 1.54) is 29.5 Å². The van der Waals surface area contributed by atoms with E-state index in [1.807, 2.05) is 22.4 Å². The Labute approximate surface area is 124 Å². The molecule has 100 valence electrons. The molecule has 0 saturated carbocycles. The number of halogens is 1. The SMILES string of the molecule is Cc1csc[n+]1CC(=O)c1cccc([N+](=O)[O-])c1.[Br-]. The molecule has 0 aliphatic rings. The largest absolute Gasteiger partial charge is 1.00 e. The van der Waals surface area contributed by atoms with Crippen molar-refractivity contribution >= 4 is 22.8 Å². The molecule has 0 aliphatic heterocycles. The standard InChI is InChI=1S/C12H11N2O3S.BrH/c1-9-7-18-8-13(9)6-12(15)10-3-2-4-11(5-10)14(16)17;/h2-5,7-8H,6H2,1H3;1H/q+1;/p-1. The van der Waals surface area contributed by atoms with Crippen LogP contribution in [0.2, 0.25) is 0 Å². The van der Waals surface area contributed by atoms with Gasteiger partial charge in [0, 0.05) is 24.6 Å². The second-order valence-electron chi connectivity index (χ2n) is 3.86. The molecule has 0 radical (unpaired) electrons. The topological polar surface area (TPSA) is 64.1 Å². The highest BCUT2D eigenvalue weighted by atomic mass is 79.9. The van der Waals surface area contributed by atoms with Crippen molar-refractivity contribution in [2.75, 3.05) is 0 Å². The molecule has 19 heavy (non-hydrogen) atoms. The molecule has 0 spiro atoms. The Balaban J connectivity index is 0.00000180. The van der Waals surface area contributed by atoms with Gasteiger partial charge in [-0.2, -0.15) is 4.57 Å². The molecule has 0 N–H and O–H groups in total. The first-order valence-electron chi connectivity index (χ1n) is 5.28. The second kappa shape index (κ2) is 6.53. The fourth-order valence-corrected chi connectivity index (χ4v) is 2.34. The molecule has 1 heterocycles. The van der Waals surface area contributed by atoms with E-state index >= 15 is 0 Å². The minimum absolute atomic E-state index is 0. The van der Waals surface area contributed by atoms with Gasteiger partial charge < -0.3 is 17.0 Å². The van der Waals surface area contributed by atoms with Crippen molar-refractivity contribution < 1.29 is 31.3 Å². The van der Waals surface area contributed by atoms with Gasteiger partial charge in [0.2, 0.25) is 17.8 Å². The Morgan fingerprint density at radius 2 is 2.21 bits per heavy atom. The fourth-order valence-electron chi connectivity index (χ4n) is 1.55. The number of aromatic nitrogens is 1. The van der Waals surface area contributed by atoms with Crippen molar-refractivity contribution in [3.63, 3.8) is 0 Å². The molecule has 0 amide bonds. The molecular weight excluding hydrogens is 332 g/mol. The molecule has 2 rings (SSSR count). The van der Waals surface area contributed by atoms with Gasteiger partial charge in [-0.1, -0.05) is 23.5 Å². The summed E-state index contributed by atoms with van der Waals surface area (Å²) in [6.07, 6.45) is 0. The highest BCUT2D eigenvalue weighted by Gasteiger charge is 2.17. The molecule has 0 saturated heterocycles. The van der Waals surface area contributed by atoms with Crippen LogP contribution >= 0.6 is 11.3 Å². The summed E-state index contributed by atoms with van der Waals surface area (Å²) >= 11 is 1.51. The van der Waals surface area contributed by atoms with Crippen molar-refractivity contribution in [2.45, 2.75) is 13.5 Å². The van der Waals surface area contributed by atoms with Crippen LogP contribution < -0.4 is 21.5 Å². The van der Waals surface area contributed by atoms with Gasteiger partial charge in [0.05, 0.1) is 10.3 Å². The average Bonchev–Trinajstić information content (AvgIpc) is 2.75. The number of Topliss-reactive ketones (excluding diaryl/α,β-unsaturated/α-hetero) is 1. The number of thiazole rings is 1. The summed E-state index contributed by atoms with van der Waals surface area (Å²) in [6.45, 7) is 2.12. The van der Waals surface area contributed by atoms with Gasteiger partial charge in [-0.05, 0) is 0 Å². The van der Waals surface area contributed by atoms with Crippen LogP contribution in [0.15, 0.2) is 35.2 Å². The van der Waals surface area contributed by atoms with Crippen LogP contribution in [-0.2, 0) is 6.54 Å². The van der Waals surface area contributed by atoms with E-state index in [-0.39, 0.29) is 35.0 Å². The third-order valence-electron chi connectivity index (χ3n) is 2.57. The monoisotopic (exact) mass is 342 g/mol. The minimum atomic E-state index is -0.500. The zero-order valence-electron chi connectivity index (χ0n) is 10.1. The van der Waals surface area contributed by atoms with Gasteiger partial charge in [-0.15, -0.1) is 0 Å². The number of rotatable bonds is 4. The normalized spacial score (nSPS) is 9.74. The van der Waals surface area contributed by atoms with Gasteiger partial charge >= 0.3 is 0 Å². The third-order valence-corrected chi connectivity index (χ3v) is 3.43. The van der Waals surface area contributed by atoms with Crippen molar-refractivity contribution in [3.8, 4) is 0 Å². The lowest BCUT2D eigenvalue weighted by molar-refractivity contribution is -0.684. The molecule has 7 heteroatoms. The number of carbonyl (C=O) groups excluding carboxylic acids is 1. The number of nitrogens with zero attached hydrogens (tertiary/aromatic N) is 2. The molecule has 0 aliphatic carbocycles. The third kappa shape index (κ3) is 3.68.